The minimum atomic E-state index is -0.453. The molecule has 3 heterocycles. The normalized spacial score (nSPS) is 14.1. The molecule has 2 aromatic heterocycles. The maximum absolute atomic E-state index is 14.1. The molecule has 0 saturated carbocycles. The van der Waals surface area contributed by atoms with Gasteiger partial charge in [-0.3, -0.25) is 4.90 Å². The third-order valence-electron chi connectivity index (χ3n) is 6.40. The summed E-state index contributed by atoms with van der Waals surface area (Å²) >= 11 is 0. The van der Waals surface area contributed by atoms with Gasteiger partial charge < -0.3 is 9.30 Å². The lowest BCUT2D eigenvalue weighted by Crippen LogP contribution is -2.29. The Morgan fingerprint density at radius 1 is 1.11 bits per heavy atom. The number of aromatic nitrogens is 3. The van der Waals surface area contributed by atoms with E-state index in [1.807, 2.05) is 18.2 Å². The Labute approximate surface area is 203 Å². The first-order valence-electron chi connectivity index (χ1n) is 11.6. The van der Waals surface area contributed by atoms with E-state index in [4.69, 9.17) is 15.0 Å². The molecule has 1 aliphatic rings. The van der Waals surface area contributed by atoms with E-state index in [9.17, 15) is 4.39 Å². The summed E-state index contributed by atoms with van der Waals surface area (Å²) < 4.78 is 22.1. The molecule has 35 heavy (non-hydrogen) atoms. The molecular formula is C28H26FN5O. The van der Waals surface area contributed by atoms with Gasteiger partial charge in [-0.05, 0) is 54.8 Å². The van der Waals surface area contributed by atoms with E-state index in [1.165, 1.54) is 17.2 Å². The number of nitrogens with zero attached hydrogens (tertiary/aromatic N) is 5. The van der Waals surface area contributed by atoms with Crippen LogP contribution in [0, 0.1) is 24.1 Å². The number of halogens is 1. The van der Waals surface area contributed by atoms with Crippen LogP contribution in [-0.4, -0.2) is 32.5 Å². The van der Waals surface area contributed by atoms with Crippen LogP contribution in [0.5, 0.6) is 5.88 Å². The first kappa shape index (κ1) is 22.8. The molecule has 0 unspecified atom stereocenters. The van der Waals surface area contributed by atoms with E-state index in [1.54, 1.807) is 18.2 Å². The average Bonchev–Trinajstić information content (AvgIpc) is 3.17. The highest BCUT2D eigenvalue weighted by Gasteiger charge is 2.17. The van der Waals surface area contributed by atoms with Crippen molar-refractivity contribution in [3.63, 3.8) is 0 Å². The first-order chi connectivity index (χ1) is 17.0. The zero-order chi connectivity index (χ0) is 24.4. The zero-order valence-electron chi connectivity index (χ0n) is 19.8. The maximum atomic E-state index is 14.1. The molecular weight excluding hydrogens is 441 g/mol. The van der Waals surface area contributed by atoms with Crippen LogP contribution in [0.4, 0.5) is 4.39 Å². The molecule has 0 aliphatic carbocycles. The second-order valence-electron chi connectivity index (χ2n) is 8.86. The summed E-state index contributed by atoms with van der Waals surface area (Å²) in [6.07, 6.45) is 3.09. The molecule has 0 amide bonds. The Bertz CT molecular complexity index is 1470. The van der Waals surface area contributed by atoms with Gasteiger partial charge in [-0.25, -0.2) is 14.4 Å². The molecule has 0 saturated heterocycles. The van der Waals surface area contributed by atoms with Crippen molar-refractivity contribution in [3.05, 3.63) is 94.7 Å². The van der Waals surface area contributed by atoms with Crippen molar-refractivity contribution >= 4 is 16.6 Å². The second-order valence-corrected chi connectivity index (χ2v) is 8.86. The third-order valence-corrected chi connectivity index (χ3v) is 6.40. The average molecular weight is 468 g/mol. The molecule has 1 aliphatic heterocycles. The summed E-state index contributed by atoms with van der Waals surface area (Å²) in [5, 5.41) is 8.89. The molecule has 6 nitrogen and oxygen atoms in total. The van der Waals surface area contributed by atoms with Crippen LogP contribution in [-0.2, 0) is 20.2 Å². The minimum absolute atomic E-state index is 0.0539. The van der Waals surface area contributed by atoms with Gasteiger partial charge in [0.1, 0.15) is 18.2 Å². The largest absolute Gasteiger partial charge is 0.473 e. The van der Waals surface area contributed by atoms with Crippen molar-refractivity contribution in [1.29, 1.82) is 5.26 Å². The Hall–Kier alpha value is -4.02. The van der Waals surface area contributed by atoms with Gasteiger partial charge >= 0.3 is 0 Å². The second kappa shape index (κ2) is 9.69. The number of rotatable bonds is 6. The predicted octanol–water partition coefficient (Wildman–Crippen LogP) is 5.16. The van der Waals surface area contributed by atoms with E-state index in [0.29, 0.717) is 11.4 Å². The van der Waals surface area contributed by atoms with Gasteiger partial charge in [0.15, 0.2) is 0 Å². The summed E-state index contributed by atoms with van der Waals surface area (Å²) in [5.41, 5.74) is 6.14. The van der Waals surface area contributed by atoms with Gasteiger partial charge in [-0.2, -0.15) is 5.26 Å². The zero-order valence-corrected chi connectivity index (χ0v) is 19.8. The van der Waals surface area contributed by atoms with Crippen LogP contribution < -0.4 is 4.74 Å². The lowest BCUT2D eigenvalue weighted by molar-refractivity contribution is 0.282. The number of fused-ring (bicyclic) bond motifs is 1. The summed E-state index contributed by atoms with van der Waals surface area (Å²) in [6, 6.07) is 18.3. The topological polar surface area (TPSA) is 67.0 Å². The Morgan fingerprint density at radius 3 is 2.77 bits per heavy atom. The number of ether oxygens (including phenoxy) is 1. The maximum Gasteiger partial charge on any atom is 0.214 e. The fourth-order valence-corrected chi connectivity index (χ4v) is 4.35. The first-order valence-corrected chi connectivity index (χ1v) is 11.6. The molecule has 5 rings (SSSR count). The number of pyridine rings is 1. The molecule has 0 atom stereocenters. The van der Waals surface area contributed by atoms with Crippen molar-refractivity contribution in [2.75, 3.05) is 13.1 Å². The number of imidazole rings is 1. The van der Waals surface area contributed by atoms with Gasteiger partial charge in [-0.15, -0.1) is 0 Å². The van der Waals surface area contributed by atoms with Crippen molar-refractivity contribution in [1.82, 2.24) is 19.4 Å². The van der Waals surface area contributed by atoms with Crippen molar-refractivity contribution < 1.29 is 9.13 Å². The summed E-state index contributed by atoms with van der Waals surface area (Å²) in [7, 11) is 2.07. The molecule has 4 aromatic rings. The van der Waals surface area contributed by atoms with E-state index in [2.05, 4.69) is 52.7 Å². The van der Waals surface area contributed by atoms with Crippen molar-refractivity contribution in [3.8, 4) is 11.9 Å². The smallest absolute Gasteiger partial charge is 0.214 e. The molecule has 0 spiro atoms. The lowest BCUT2D eigenvalue weighted by atomic mass is 10.0. The molecule has 2 aromatic carbocycles. The predicted molar refractivity (Wildman–Crippen MR) is 133 cm³/mol. The standard InChI is InChI=1S/C28H26FN5O/c1-19-6-9-26-25(14-19)31-27(33(26)2)17-34-12-10-21(11-13-34)24-4-3-5-28(32-24)35-18-22-8-7-20(16-30)15-23(22)29/h3-10,14-15H,11-13,17-18H2,1-2H3. The van der Waals surface area contributed by atoms with E-state index in [-0.39, 0.29) is 12.2 Å². The number of benzene rings is 2. The number of hydrogen-bond acceptors (Lipinski definition) is 5. The Balaban J connectivity index is 1.23. The fourth-order valence-electron chi connectivity index (χ4n) is 4.35. The molecule has 176 valence electrons. The van der Waals surface area contributed by atoms with E-state index < -0.39 is 5.82 Å². The molecule has 0 bridgehead atoms. The Morgan fingerprint density at radius 2 is 2.00 bits per heavy atom. The van der Waals surface area contributed by atoms with Crippen LogP contribution in [0.3, 0.4) is 0 Å². The molecule has 0 radical (unpaired) electrons. The molecule has 0 N–H and O–H groups in total. The van der Waals surface area contributed by atoms with Gasteiger partial charge in [0.05, 0.1) is 34.9 Å². The van der Waals surface area contributed by atoms with Crippen LogP contribution >= 0.6 is 0 Å². The highest BCUT2D eigenvalue weighted by atomic mass is 19.1. The van der Waals surface area contributed by atoms with Crippen molar-refractivity contribution in [2.24, 2.45) is 7.05 Å². The van der Waals surface area contributed by atoms with E-state index >= 15 is 0 Å². The van der Waals surface area contributed by atoms with Crippen LogP contribution in [0.25, 0.3) is 16.6 Å². The third kappa shape index (κ3) is 4.93. The van der Waals surface area contributed by atoms with Gasteiger partial charge in [0.25, 0.3) is 0 Å². The molecule has 0 fully saturated rings. The fraction of sp³-hybridized carbons (Fsp3) is 0.250. The van der Waals surface area contributed by atoms with Crippen LogP contribution in [0.1, 0.15) is 34.6 Å². The van der Waals surface area contributed by atoms with Crippen LogP contribution in [0.2, 0.25) is 0 Å². The highest BCUT2D eigenvalue weighted by molar-refractivity contribution is 5.76. The lowest BCUT2D eigenvalue weighted by Gasteiger charge is -2.25. The summed E-state index contributed by atoms with van der Waals surface area (Å²) in [4.78, 5) is 11.9. The van der Waals surface area contributed by atoms with Gasteiger partial charge in [0.2, 0.25) is 5.88 Å². The van der Waals surface area contributed by atoms with Crippen LogP contribution in [0.15, 0.2) is 60.7 Å². The number of nitriles is 1. The minimum Gasteiger partial charge on any atom is -0.473 e. The van der Waals surface area contributed by atoms with Crippen molar-refractivity contribution in [2.45, 2.75) is 26.5 Å². The quantitative estimate of drug-likeness (QED) is 0.392. The van der Waals surface area contributed by atoms with Gasteiger partial charge in [-0.1, -0.05) is 24.3 Å². The molecule has 7 heteroatoms. The van der Waals surface area contributed by atoms with E-state index in [0.717, 1.165) is 48.6 Å². The highest BCUT2D eigenvalue weighted by Crippen LogP contribution is 2.25. The number of hydrogen-bond donors (Lipinski definition) is 0. The Kier molecular flexibility index (Phi) is 6.30. The SMILES string of the molecule is Cc1ccc2c(c1)nc(CN1CC=C(c3cccc(OCc4ccc(C#N)cc4F)n3)CC1)n2C. The summed E-state index contributed by atoms with van der Waals surface area (Å²) in [6.45, 7) is 4.67. The number of aryl methyl sites for hydroxylation is 2. The van der Waals surface area contributed by atoms with Gasteiger partial charge in [0, 0.05) is 31.8 Å². The monoisotopic (exact) mass is 467 g/mol. The summed E-state index contributed by atoms with van der Waals surface area (Å²) in [5.74, 6) is 1.06.